The summed E-state index contributed by atoms with van der Waals surface area (Å²) in [5.41, 5.74) is 5.35. The Balaban J connectivity index is 1.37. The normalized spacial score (nSPS) is 23.7. The third kappa shape index (κ3) is 7.04. The zero-order chi connectivity index (χ0) is 37.8. The molecule has 0 bridgehead atoms. The van der Waals surface area contributed by atoms with Gasteiger partial charge < -0.3 is 20.0 Å². The molecule has 2 heterocycles. The van der Waals surface area contributed by atoms with Gasteiger partial charge in [0.2, 0.25) is 5.91 Å². The lowest BCUT2D eigenvalue weighted by Gasteiger charge is -2.28. The van der Waals surface area contributed by atoms with Crippen LogP contribution in [0.15, 0.2) is 98.0 Å². The molecule has 2 aliphatic carbocycles. The molecule has 17 heteroatoms. The predicted molar refractivity (Wildman–Crippen MR) is 195 cm³/mol. The van der Waals surface area contributed by atoms with Crippen LogP contribution in [-0.2, 0) is 40.2 Å². The summed E-state index contributed by atoms with van der Waals surface area (Å²) < 4.78 is 70.4. The third-order valence-electron chi connectivity index (χ3n) is 10.3. The highest BCUT2D eigenvalue weighted by molar-refractivity contribution is 7.94. The predicted octanol–water partition coefficient (Wildman–Crippen LogP) is 4.68. The van der Waals surface area contributed by atoms with Gasteiger partial charge in [-0.25, -0.2) is 10.2 Å². The Bertz CT molecular complexity index is 2210. The van der Waals surface area contributed by atoms with Gasteiger partial charge in [-0.15, -0.1) is 0 Å². The molecule has 0 aromatic heterocycles. The van der Waals surface area contributed by atoms with Crippen LogP contribution in [0.25, 0.3) is 0 Å². The van der Waals surface area contributed by atoms with E-state index in [2.05, 4.69) is 9.33 Å². The van der Waals surface area contributed by atoms with Crippen LogP contribution in [0.2, 0.25) is 0 Å². The van der Waals surface area contributed by atoms with Crippen molar-refractivity contribution < 1.29 is 50.5 Å². The van der Waals surface area contributed by atoms with Crippen molar-refractivity contribution in [3.05, 3.63) is 94.4 Å². The lowest BCUT2D eigenvalue weighted by molar-refractivity contribution is -0.116. The van der Waals surface area contributed by atoms with E-state index in [1.54, 1.807) is 35.3 Å². The van der Waals surface area contributed by atoms with Gasteiger partial charge in [-0.1, -0.05) is 12.2 Å². The van der Waals surface area contributed by atoms with Crippen molar-refractivity contribution in [1.82, 2.24) is 0 Å². The van der Waals surface area contributed by atoms with Crippen molar-refractivity contribution in [1.29, 1.82) is 0 Å². The number of hydrogen-bond acceptors (Lipinski definition) is 12. The van der Waals surface area contributed by atoms with E-state index in [1.165, 1.54) is 19.1 Å². The number of anilines is 2. The highest BCUT2D eigenvalue weighted by Gasteiger charge is 2.50. The number of aliphatic hydroxyl groups excluding tert-OH is 2. The zero-order valence-corrected chi connectivity index (χ0v) is 31.0. The average Bonchev–Trinajstić information content (AvgIpc) is 3.71. The molecule has 0 fully saturated rings. The topological polar surface area (TPSA) is 215 Å². The fraction of sp³-hybridized carbons (Fsp3) is 0.371. The summed E-state index contributed by atoms with van der Waals surface area (Å²) in [6.45, 7) is 4.83. The molecule has 0 radical (unpaired) electrons. The molecule has 2 aromatic carbocycles. The van der Waals surface area contributed by atoms with Crippen LogP contribution in [0.5, 0.6) is 0 Å². The number of aliphatic hydroxyl groups is 2. The van der Waals surface area contributed by atoms with E-state index in [0.717, 1.165) is 45.8 Å². The number of hydrogen-bond donors (Lipinski definition) is 5. The van der Waals surface area contributed by atoms with E-state index in [0.29, 0.717) is 47.5 Å². The molecule has 52 heavy (non-hydrogen) atoms. The van der Waals surface area contributed by atoms with E-state index >= 15 is 0 Å². The van der Waals surface area contributed by atoms with Gasteiger partial charge in [-0.3, -0.25) is 13.9 Å². The summed E-state index contributed by atoms with van der Waals surface area (Å²) in [5.74, 6) is -1.28. The molecular weight excluding hydrogens is 735 g/mol. The Morgan fingerprint density at radius 2 is 1.50 bits per heavy atom. The maximum atomic E-state index is 12.3. The van der Waals surface area contributed by atoms with Crippen molar-refractivity contribution in [3.63, 3.8) is 0 Å². The van der Waals surface area contributed by atoms with Gasteiger partial charge in [-0.05, 0) is 110 Å². The first-order chi connectivity index (χ1) is 24.4. The minimum atomic E-state index is -4.46. The smallest absolute Gasteiger partial charge is 0.294 e. The number of nitrogens with zero attached hydrogens (tertiary/aromatic N) is 3. The molecule has 14 nitrogen and oxygen atoms in total. The molecule has 0 saturated heterocycles. The van der Waals surface area contributed by atoms with Crippen LogP contribution in [0.3, 0.4) is 0 Å². The lowest BCUT2D eigenvalue weighted by atomic mass is 9.82. The summed E-state index contributed by atoms with van der Waals surface area (Å²) in [7, 11) is -8.90. The van der Waals surface area contributed by atoms with Crippen LogP contribution in [0.4, 0.5) is 11.4 Å². The monoisotopic (exact) mass is 773 g/mol. The van der Waals surface area contributed by atoms with Crippen molar-refractivity contribution >= 4 is 55.3 Å². The molecule has 3 atom stereocenters. The van der Waals surface area contributed by atoms with Crippen molar-refractivity contribution in [2.24, 2.45) is 4.99 Å². The van der Waals surface area contributed by atoms with Crippen molar-refractivity contribution in [2.45, 2.75) is 73.2 Å². The number of carbonyl (C=O) groups excluding carboxylic acids is 1. The molecule has 0 spiro atoms. The average molecular weight is 774 g/mol. The van der Waals surface area contributed by atoms with Crippen LogP contribution in [0.1, 0.15) is 57.6 Å². The zero-order valence-electron chi connectivity index (χ0n) is 28.6. The van der Waals surface area contributed by atoms with Crippen molar-refractivity contribution in [3.8, 4) is 0 Å². The third-order valence-corrected chi connectivity index (χ3v) is 12.4. The fourth-order valence-electron chi connectivity index (χ4n) is 8.15. The number of rotatable bonds is 12. The highest BCUT2D eigenvalue weighted by Crippen LogP contribution is 2.58. The second-order valence-corrected chi connectivity index (χ2v) is 17.4. The van der Waals surface area contributed by atoms with E-state index in [4.69, 9.17) is 5.26 Å². The maximum absolute atomic E-state index is 12.3. The maximum Gasteiger partial charge on any atom is 0.294 e. The molecule has 3 unspecified atom stereocenters. The van der Waals surface area contributed by atoms with Gasteiger partial charge in [0.15, 0.2) is 0 Å². The molecule has 2 aliphatic heterocycles. The second kappa shape index (κ2) is 14.0. The van der Waals surface area contributed by atoms with Gasteiger partial charge in [0.1, 0.15) is 12.5 Å². The van der Waals surface area contributed by atoms with Gasteiger partial charge in [0.25, 0.3) is 20.2 Å². The Morgan fingerprint density at radius 1 is 0.942 bits per heavy atom. The number of carbonyl (C=O) groups is 1. The summed E-state index contributed by atoms with van der Waals surface area (Å²) in [6.07, 6.45) is 8.10. The number of fused-ring (bicyclic) bond motifs is 6. The van der Waals surface area contributed by atoms with Gasteiger partial charge in [0.05, 0.1) is 28.8 Å². The first kappa shape index (κ1) is 38.1. The molecule has 0 saturated carbocycles. The van der Waals surface area contributed by atoms with Crippen LogP contribution in [-0.4, -0.2) is 78.2 Å². The second-order valence-electron chi connectivity index (χ2n) is 13.7. The SMILES string of the molecule is CC(=O)N=C(C=CC1=C2N(CC(O)CS(=O)(=O)O)c3ccc(SOO)cc3C2(C)CC1)/C=C/C1=C2N(CO)c3ccc(S(=O)(=O)O)cc3C2(C)CC1. The first-order valence-corrected chi connectivity index (χ1v) is 20.1. The number of aliphatic imine (C=N–C) groups is 1. The molecule has 1 amide bonds. The molecule has 4 aliphatic rings. The standard InChI is InChI=1S/C35H39N3O11S3/c1-21(40)36-24(7-5-23-13-15-35(3)29-17-27(52(46,47)48)9-11-31(29)38(20-39)33(23)35)6-4-22-12-14-34(2)28-16-26(50-49-42)8-10-30(28)37(32(22)34)18-25(41)19-51(43,44)45/h4-11,16-17,25,39,41-42H,12-15,18-20H2,1-3H3,(H,43,44,45)(H,46,47,48)/b6-4?,7-5+,36-24?. The Hall–Kier alpha value is -3.65. The van der Waals surface area contributed by atoms with Crippen LogP contribution in [0, 0.1) is 0 Å². The molecule has 6 rings (SSSR count). The largest absolute Gasteiger partial charge is 0.390 e. The first-order valence-electron chi connectivity index (χ1n) is 16.4. The minimum Gasteiger partial charge on any atom is -0.390 e. The Kier molecular flexibility index (Phi) is 10.2. The summed E-state index contributed by atoms with van der Waals surface area (Å²) >= 11 is 0.774. The van der Waals surface area contributed by atoms with Crippen molar-refractivity contribution in [2.75, 3.05) is 28.8 Å². The molecular formula is C35H39N3O11S3. The van der Waals surface area contributed by atoms with Crippen LogP contribution < -0.4 is 9.80 Å². The van der Waals surface area contributed by atoms with E-state index < -0.39 is 48.8 Å². The number of amides is 1. The van der Waals surface area contributed by atoms with E-state index in [1.807, 2.05) is 37.0 Å². The van der Waals surface area contributed by atoms with Gasteiger partial charge >= 0.3 is 0 Å². The highest BCUT2D eigenvalue weighted by atomic mass is 32.2. The lowest BCUT2D eigenvalue weighted by Crippen LogP contribution is -2.36. The van der Waals surface area contributed by atoms with E-state index in [9.17, 15) is 40.9 Å². The number of benzene rings is 2. The molecule has 2 aromatic rings. The Morgan fingerprint density at radius 3 is 2.04 bits per heavy atom. The molecule has 278 valence electrons. The quantitative estimate of drug-likeness (QED) is 0.0652. The number of allylic oxidation sites excluding steroid dienone is 8. The summed E-state index contributed by atoms with van der Waals surface area (Å²) in [6, 6.07) is 9.69. The number of β-amino-alcohol motifs (C(OH)–C–C–N with tert-alkyl or cyclic N) is 1. The summed E-state index contributed by atoms with van der Waals surface area (Å²) in [5, 5.41) is 30.1. The van der Waals surface area contributed by atoms with Gasteiger partial charge in [-0.2, -0.15) is 21.2 Å². The summed E-state index contributed by atoms with van der Waals surface area (Å²) in [4.78, 5) is 20.4. The van der Waals surface area contributed by atoms with Gasteiger partial charge in [0, 0.05) is 52.0 Å². The fourth-order valence-corrected chi connectivity index (χ4v) is 9.63. The Labute approximate surface area is 306 Å². The van der Waals surface area contributed by atoms with Crippen LogP contribution >= 0.6 is 12.0 Å². The molecule has 5 N–H and O–H groups in total. The minimum absolute atomic E-state index is 0.127. The van der Waals surface area contributed by atoms with E-state index in [-0.39, 0.29) is 18.2 Å².